The van der Waals surface area contributed by atoms with Crippen LogP contribution in [0.1, 0.15) is 18.1 Å². The van der Waals surface area contributed by atoms with Crippen LogP contribution < -0.4 is 5.32 Å². The van der Waals surface area contributed by atoms with Crippen molar-refractivity contribution < 1.29 is 4.79 Å². The van der Waals surface area contributed by atoms with Gasteiger partial charge in [0.05, 0.1) is 0 Å². The van der Waals surface area contributed by atoms with Crippen LogP contribution in [-0.4, -0.2) is 5.91 Å². The van der Waals surface area contributed by atoms with Gasteiger partial charge >= 0.3 is 0 Å². The molecule has 0 aromatic heterocycles. The summed E-state index contributed by atoms with van der Waals surface area (Å²) in [6.45, 7) is 2.09. The number of hydrogen-bond acceptors (Lipinski definition) is 1. The van der Waals surface area contributed by atoms with Crippen LogP contribution >= 0.6 is 23.2 Å². The number of carbonyl (C=O) groups is 1. The fourth-order valence-electron chi connectivity index (χ4n) is 1.81. The van der Waals surface area contributed by atoms with E-state index in [0.717, 1.165) is 17.7 Å². The van der Waals surface area contributed by atoms with E-state index >= 15 is 0 Å². The highest BCUT2D eigenvalue weighted by Gasteiger charge is 2.00. The van der Waals surface area contributed by atoms with E-state index in [4.69, 9.17) is 23.2 Å². The molecule has 2 nitrogen and oxygen atoms in total. The second-order valence-electron chi connectivity index (χ2n) is 4.54. The van der Waals surface area contributed by atoms with E-state index in [0.29, 0.717) is 10.0 Å². The van der Waals surface area contributed by atoms with E-state index in [-0.39, 0.29) is 5.91 Å². The summed E-state index contributed by atoms with van der Waals surface area (Å²) in [5, 5.41) is 3.88. The first-order chi connectivity index (χ1) is 10.1. The molecule has 108 valence electrons. The summed E-state index contributed by atoms with van der Waals surface area (Å²) >= 11 is 11.9. The summed E-state index contributed by atoms with van der Waals surface area (Å²) in [6.07, 6.45) is 4.08. The Labute approximate surface area is 134 Å². The highest BCUT2D eigenvalue weighted by atomic mass is 35.5. The minimum atomic E-state index is -0.203. The smallest absolute Gasteiger partial charge is 0.248 e. The van der Waals surface area contributed by atoms with E-state index in [1.54, 1.807) is 24.3 Å². The summed E-state index contributed by atoms with van der Waals surface area (Å²) in [5.41, 5.74) is 2.75. The van der Waals surface area contributed by atoms with E-state index in [2.05, 4.69) is 12.2 Å². The third kappa shape index (κ3) is 4.62. The third-order valence-electron chi connectivity index (χ3n) is 3.01. The van der Waals surface area contributed by atoms with Gasteiger partial charge in [0.15, 0.2) is 0 Å². The molecule has 21 heavy (non-hydrogen) atoms. The monoisotopic (exact) mass is 319 g/mol. The first-order valence-electron chi connectivity index (χ1n) is 6.61. The van der Waals surface area contributed by atoms with Crippen LogP contribution in [0.25, 0.3) is 6.08 Å². The fraction of sp³-hybridized carbons (Fsp3) is 0.118. The van der Waals surface area contributed by atoms with Crippen LogP contribution in [0.2, 0.25) is 10.0 Å². The normalized spacial score (nSPS) is 10.8. The standard InChI is InChI=1S/C17H15Cl2NO/c1-2-12-3-8-15(9-4-12)20-17(21)10-6-13-5-7-14(18)11-16(13)19/h3-11H,2H2,1H3,(H,20,21). The Morgan fingerprint density at radius 3 is 2.48 bits per heavy atom. The number of anilines is 1. The SMILES string of the molecule is CCc1ccc(NC(=O)C=Cc2ccc(Cl)cc2Cl)cc1. The van der Waals surface area contributed by atoms with Gasteiger partial charge in [0.1, 0.15) is 0 Å². The molecule has 2 aromatic rings. The summed E-state index contributed by atoms with van der Waals surface area (Å²) in [7, 11) is 0. The highest BCUT2D eigenvalue weighted by molar-refractivity contribution is 6.35. The third-order valence-corrected chi connectivity index (χ3v) is 3.57. The Morgan fingerprint density at radius 2 is 1.86 bits per heavy atom. The molecule has 0 aliphatic heterocycles. The van der Waals surface area contributed by atoms with Gasteiger partial charge in [0, 0.05) is 21.8 Å². The molecule has 0 bridgehead atoms. The number of halogens is 2. The molecule has 2 aromatic carbocycles. The molecule has 1 amide bonds. The number of amides is 1. The van der Waals surface area contributed by atoms with Crippen molar-refractivity contribution in [3.05, 3.63) is 69.7 Å². The number of carbonyl (C=O) groups excluding carboxylic acids is 1. The van der Waals surface area contributed by atoms with Crippen LogP contribution in [0, 0.1) is 0 Å². The zero-order chi connectivity index (χ0) is 15.2. The van der Waals surface area contributed by atoms with Crippen LogP contribution in [0.4, 0.5) is 5.69 Å². The van der Waals surface area contributed by atoms with Crippen LogP contribution in [-0.2, 0) is 11.2 Å². The molecule has 0 radical (unpaired) electrons. The molecule has 2 rings (SSSR count). The maximum atomic E-state index is 11.9. The number of aryl methyl sites for hydroxylation is 1. The highest BCUT2D eigenvalue weighted by Crippen LogP contribution is 2.22. The predicted molar refractivity (Wildman–Crippen MR) is 89.9 cm³/mol. The fourth-order valence-corrected chi connectivity index (χ4v) is 2.28. The summed E-state index contributed by atoms with van der Waals surface area (Å²) in [6, 6.07) is 12.9. The minimum absolute atomic E-state index is 0.203. The molecular weight excluding hydrogens is 305 g/mol. The average Bonchev–Trinajstić information content (AvgIpc) is 2.47. The van der Waals surface area contributed by atoms with Crippen LogP contribution in [0.15, 0.2) is 48.5 Å². The lowest BCUT2D eigenvalue weighted by Crippen LogP contribution is -2.07. The van der Waals surface area contributed by atoms with Gasteiger partial charge in [-0.15, -0.1) is 0 Å². The van der Waals surface area contributed by atoms with Crippen molar-refractivity contribution in [2.24, 2.45) is 0 Å². The first kappa shape index (κ1) is 15.6. The van der Waals surface area contributed by atoms with E-state index < -0.39 is 0 Å². The lowest BCUT2D eigenvalue weighted by atomic mass is 10.1. The maximum absolute atomic E-state index is 11.9. The molecule has 0 fully saturated rings. The molecule has 0 saturated carbocycles. The Balaban J connectivity index is 2.01. The molecule has 4 heteroatoms. The van der Waals surface area contributed by atoms with Crippen molar-refractivity contribution in [3.8, 4) is 0 Å². The van der Waals surface area contributed by atoms with E-state index in [1.165, 1.54) is 11.6 Å². The van der Waals surface area contributed by atoms with Gasteiger partial charge in [-0.05, 0) is 47.9 Å². The number of rotatable bonds is 4. The topological polar surface area (TPSA) is 29.1 Å². The van der Waals surface area contributed by atoms with Crippen molar-refractivity contribution in [3.63, 3.8) is 0 Å². The Bertz CT molecular complexity index is 663. The number of benzene rings is 2. The quantitative estimate of drug-likeness (QED) is 0.770. The molecule has 0 saturated heterocycles. The molecule has 0 unspecified atom stereocenters. The maximum Gasteiger partial charge on any atom is 0.248 e. The average molecular weight is 320 g/mol. The molecule has 0 spiro atoms. The molecule has 0 atom stereocenters. The van der Waals surface area contributed by atoms with Crippen molar-refractivity contribution in [2.75, 3.05) is 5.32 Å². The van der Waals surface area contributed by atoms with Gasteiger partial charge in [-0.25, -0.2) is 0 Å². The van der Waals surface area contributed by atoms with Crippen LogP contribution in [0.5, 0.6) is 0 Å². The van der Waals surface area contributed by atoms with Gasteiger partial charge in [-0.1, -0.05) is 48.3 Å². The summed E-state index contributed by atoms with van der Waals surface area (Å²) in [4.78, 5) is 11.9. The van der Waals surface area contributed by atoms with Gasteiger partial charge in [-0.3, -0.25) is 4.79 Å². The second-order valence-corrected chi connectivity index (χ2v) is 5.38. The number of nitrogens with one attached hydrogen (secondary N) is 1. The zero-order valence-corrected chi connectivity index (χ0v) is 13.1. The van der Waals surface area contributed by atoms with Crippen molar-refractivity contribution in [1.29, 1.82) is 0 Å². The lowest BCUT2D eigenvalue weighted by molar-refractivity contribution is -0.111. The van der Waals surface area contributed by atoms with Gasteiger partial charge in [0.2, 0.25) is 5.91 Å². The van der Waals surface area contributed by atoms with Gasteiger partial charge in [-0.2, -0.15) is 0 Å². The second kappa shape index (κ2) is 7.30. The first-order valence-corrected chi connectivity index (χ1v) is 7.37. The molecular formula is C17H15Cl2NO. The largest absolute Gasteiger partial charge is 0.323 e. The van der Waals surface area contributed by atoms with Crippen molar-refractivity contribution >= 4 is 40.9 Å². The summed E-state index contributed by atoms with van der Waals surface area (Å²) in [5.74, 6) is -0.203. The number of hydrogen-bond donors (Lipinski definition) is 1. The molecule has 1 N–H and O–H groups in total. The summed E-state index contributed by atoms with van der Waals surface area (Å²) < 4.78 is 0. The van der Waals surface area contributed by atoms with Crippen molar-refractivity contribution in [1.82, 2.24) is 0 Å². The lowest BCUT2D eigenvalue weighted by Gasteiger charge is -2.03. The molecule has 0 heterocycles. The Hall–Kier alpha value is -1.77. The van der Waals surface area contributed by atoms with E-state index in [1.807, 2.05) is 24.3 Å². The van der Waals surface area contributed by atoms with Crippen LogP contribution in [0.3, 0.4) is 0 Å². The molecule has 0 aliphatic carbocycles. The Morgan fingerprint density at radius 1 is 1.14 bits per heavy atom. The van der Waals surface area contributed by atoms with Gasteiger partial charge in [0.25, 0.3) is 0 Å². The van der Waals surface area contributed by atoms with E-state index in [9.17, 15) is 4.79 Å². The van der Waals surface area contributed by atoms with Gasteiger partial charge < -0.3 is 5.32 Å². The van der Waals surface area contributed by atoms with Crippen molar-refractivity contribution in [2.45, 2.75) is 13.3 Å². The molecule has 0 aliphatic rings. The predicted octanol–water partition coefficient (Wildman–Crippen LogP) is 5.21. The Kier molecular flexibility index (Phi) is 5.43. The minimum Gasteiger partial charge on any atom is -0.323 e. The zero-order valence-electron chi connectivity index (χ0n) is 11.6.